The van der Waals surface area contributed by atoms with E-state index in [2.05, 4.69) is 36.4 Å². The zero-order valence-electron chi connectivity index (χ0n) is 17.1. The van der Waals surface area contributed by atoms with Crippen molar-refractivity contribution in [2.45, 2.75) is 19.8 Å². The van der Waals surface area contributed by atoms with Crippen molar-refractivity contribution >= 4 is 23.4 Å². The molecule has 3 amide bonds. The van der Waals surface area contributed by atoms with Crippen molar-refractivity contribution in [3.8, 4) is 11.1 Å². The van der Waals surface area contributed by atoms with Gasteiger partial charge in [0.1, 0.15) is 5.92 Å². The summed E-state index contributed by atoms with van der Waals surface area (Å²) in [6.07, 6.45) is 1.42. The lowest BCUT2D eigenvalue weighted by Gasteiger charge is -2.35. The Morgan fingerprint density at radius 1 is 0.867 bits per heavy atom. The number of carbonyl (C=O) groups is 3. The molecule has 0 N–H and O–H groups in total. The summed E-state index contributed by atoms with van der Waals surface area (Å²) in [6, 6.07) is 14.6. The maximum absolute atomic E-state index is 13.1. The van der Waals surface area contributed by atoms with E-state index in [4.69, 9.17) is 0 Å². The first-order chi connectivity index (χ1) is 14.5. The molecule has 0 aromatic heterocycles. The molecule has 0 bridgehead atoms. The molecule has 5 rings (SSSR count). The fraction of sp³-hybridized carbons (Fsp3) is 0.375. The maximum Gasteiger partial charge on any atom is 0.239 e. The Kier molecular flexibility index (Phi) is 4.57. The number of piperazine rings is 1. The quantitative estimate of drug-likeness (QED) is 0.617. The summed E-state index contributed by atoms with van der Waals surface area (Å²) < 4.78 is 0. The van der Waals surface area contributed by atoms with E-state index >= 15 is 0 Å². The van der Waals surface area contributed by atoms with E-state index in [-0.39, 0.29) is 17.7 Å². The van der Waals surface area contributed by atoms with Crippen LogP contribution >= 0.6 is 0 Å². The highest BCUT2D eigenvalue weighted by molar-refractivity contribution is 6.09. The zero-order valence-corrected chi connectivity index (χ0v) is 17.1. The van der Waals surface area contributed by atoms with Crippen LogP contribution in [-0.2, 0) is 20.8 Å². The minimum atomic E-state index is -0.612. The highest BCUT2D eigenvalue weighted by Crippen LogP contribution is 2.39. The van der Waals surface area contributed by atoms with Crippen LogP contribution in [0.1, 0.15) is 24.5 Å². The summed E-state index contributed by atoms with van der Waals surface area (Å²) in [4.78, 5) is 42.8. The Bertz CT molecular complexity index is 1040. The predicted octanol–water partition coefficient (Wildman–Crippen LogP) is 2.30. The van der Waals surface area contributed by atoms with Crippen LogP contribution in [0.2, 0.25) is 0 Å². The molecule has 1 atom stereocenters. The molecule has 0 radical (unpaired) electrons. The number of hydrogen-bond donors (Lipinski definition) is 0. The standard InChI is InChI=1S/C24H25N3O3/c1-16(28)25-10-12-26(13-11-25)23(29)22-8-9-27(24(22)30)19-6-7-21-18(15-19)14-17-4-2-3-5-20(17)21/h2-7,15,22H,8-14H2,1H3/t22-/m0/s1. The monoisotopic (exact) mass is 403 g/mol. The molecule has 0 saturated carbocycles. The molecule has 1 aliphatic carbocycles. The second kappa shape index (κ2) is 7.27. The van der Waals surface area contributed by atoms with Gasteiger partial charge in [0.15, 0.2) is 0 Å². The number of carbonyl (C=O) groups excluding carboxylic acids is 3. The van der Waals surface area contributed by atoms with Crippen LogP contribution in [0, 0.1) is 5.92 Å². The highest BCUT2D eigenvalue weighted by atomic mass is 16.2. The number of fused-ring (bicyclic) bond motifs is 3. The lowest BCUT2D eigenvalue weighted by molar-refractivity contribution is -0.144. The van der Waals surface area contributed by atoms with Gasteiger partial charge in [-0.3, -0.25) is 14.4 Å². The first-order valence-electron chi connectivity index (χ1n) is 10.6. The molecular weight excluding hydrogens is 378 g/mol. The lowest BCUT2D eigenvalue weighted by atomic mass is 10.0. The third kappa shape index (κ3) is 3.07. The molecule has 3 aliphatic rings. The van der Waals surface area contributed by atoms with Crippen LogP contribution in [0.4, 0.5) is 5.69 Å². The number of hydrogen-bond acceptors (Lipinski definition) is 3. The molecule has 2 aromatic rings. The second-order valence-corrected chi connectivity index (χ2v) is 8.34. The zero-order chi connectivity index (χ0) is 20.8. The molecule has 2 saturated heterocycles. The minimum absolute atomic E-state index is 0.0315. The third-order valence-corrected chi connectivity index (χ3v) is 6.63. The van der Waals surface area contributed by atoms with E-state index < -0.39 is 5.92 Å². The minimum Gasteiger partial charge on any atom is -0.339 e. The maximum atomic E-state index is 13.1. The van der Waals surface area contributed by atoms with Crippen LogP contribution in [0.3, 0.4) is 0 Å². The van der Waals surface area contributed by atoms with E-state index in [1.165, 1.54) is 22.3 Å². The molecular formula is C24H25N3O3. The number of benzene rings is 2. The van der Waals surface area contributed by atoms with Gasteiger partial charge in [0, 0.05) is 45.3 Å². The van der Waals surface area contributed by atoms with Crippen molar-refractivity contribution in [2.75, 3.05) is 37.6 Å². The molecule has 2 fully saturated rings. The number of rotatable bonds is 2. The lowest BCUT2D eigenvalue weighted by Crippen LogP contribution is -2.52. The van der Waals surface area contributed by atoms with Gasteiger partial charge >= 0.3 is 0 Å². The van der Waals surface area contributed by atoms with Gasteiger partial charge in [-0.05, 0) is 47.2 Å². The summed E-state index contributed by atoms with van der Waals surface area (Å²) in [5.41, 5.74) is 5.93. The molecule has 2 heterocycles. The number of amides is 3. The second-order valence-electron chi connectivity index (χ2n) is 8.34. The van der Waals surface area contributed by atoms with Crippen molar-refractivity contribution in [3.63, 3.8) is 0 Å². The van der Waals surface area contributed by atoms with Crippen LogP contribution in [0.5, 0.6) is 0 Å². The fourth-order valence-electron chi connectivity index (χ4n) is 4.93. The molecule has 0 unspecified atom stereocenters. The summed E-state index contributed by atoms with van der Waals surface area (Å²) >= 11 is 0. The van der Waals surface area contributed by atoms with Gasteiger partial charge < -0.3 is 14.7 Å². The average Bonchev–Trinajstić information content (AvgIpc) is 3.33. The number of nitrogens with zero attached hydrogens (tertiary/aromatic N) is 3. The van der Waals surface area contributed by atoms with Crippen LogP contribution in [0.25, 0.3) is 11.1 Å². The van der Waals surface area contributed by atoms with Crippen molar-refractivity contribution in [1.82, 2.24) is 9.80 Å². The van der Waals surface area contributed by atoms with E-state index in [1.54, 1.807) is 21.6 Å². The smallest absolute Gasteiger partial charge is 0.239 e. The highest BCUT2D eigenvalue weighted by Gasteiger charge is 2.40. The van der Waals surface area contributed by atoms with Crippen molar-refractivity contribution < 1.29 is 14.4 Å². The molecule has 2 aromatic carbocycles. The van der Waals surface area contributed by atoms with Gasteiger partial charge in [-0.2, -0.15) is 0 Å². The first-order valence-corrected chi connectivity index (χ1v) is 10.6. The first kappa shape index (κ1) is 18.9. The van der Waals surface area contributed by atoms with Gasteiger partial charge in [-0.15, -0.1) is 0 Å². The summed E-state index contributed by atoms with van der Waals surface area (Å²) in [5, 5.41) is 0. The Balaban J connectivity index is 1.29. The van der Waals surface area contributed by atoms with Gasteiger partial charge in [-0.25, -0.2) is 0 Å². The third-order valence-electron chi connectivity index (χ3n) is 6.63. The van der Waals surface area contributed by atoms with E-state index in [1.807, 2.05) is 6.07 Å². The van der Waals surface area contributed by atoms with E-state index in [9.17, 15) is 14.4 Å². The van der Waals surface area contributed by atoms with E-state index in [0.29, 0.717) is 39.1 Å². The van der Waals surface area contributed by atoms with Crippen molar-refractivity contribution in [1.29, 1.82) is 0 Å². The predicted molar refractivity (Wildman–Crippen MR) is 114 cm³/mol. The largest absolute Gasteiger partial charge is 0.339 e. The summed E-state index contributed by atoms with van der Waals surface area (Å²) in [6.45, 7) is 4.19. The van der Waals surface area contributed by atoms with Crippen molar-refractivity contribution in [2.24, 2.45) is 5.92 Å². The van der Waals surface area contributed by atoms with E-state index in [0.717, 1.165) is 12.1 Å². The van der Waals surface area contributed by atoms with Crippen LogP contribution in [0.15, 0.2) is 42.5 Å². The molecule has 6 heteroatoms. The Labute approximate surface area is 176 Å². The SMILES string of the molecule is CC(=O)N1CCN(C(=O)[C@@H]2CCN(c3ccc4c(c3)Cc3ccccc3-4)C2=O)CC1. The fourth-order valence-corrected chi connectivity index (χ4v) is 4.93. The molecule has 2 aliphatic heterocycles. The Hall–Kier alpha value is -3.15. The molecule has 154 valence electrons. The van der Waals surface area contributed by atoms with Crippen molar-refractivity contribution in [3.05, 3.63) is 53.6 Å². The number of anilines is 1. The van der Waals surface area contributed by atoms with Gasteiger partial charge in [-0.1, -0.05) is 30.3 Å². The Morgan fingerprint density at radius 2 is 1.57 bits per heavy atom. The van der Waals surface area contributed by atoms with Crippen LogP contribution in [-0.4, -0.2) is 60.2 Å². The summed E-state index contributed by atoms with van der Waals surface area (Å²) in [5.74, 6) is -0.785. The molecule has 0 spiro atoms. The summed E-state index contributed by atoms with van der Waals surface area (Å²) in [7, 11) is 0. The molecule has 30 heavy (non-hydrogen) atoms. The van der Waals surface area contributed by atoms with Crippen LogP contribution < -0.4 is 4.90 Å². The topological polar surface area (TPSA) is 60.9 Å². The van der Waals surface area contributed by atoms with Gasteiger partial charge in [0.2, 0.25) is 17.7 Å². The normalized spacial score (nSPS) is 20.4. The average molecular weight is 403 g/mol. The van der Waals surface area contributed by atoms with Gasteiger partial charge in [0.05, 0.1) is 0 Å². The van der Waals surface area contributed by atoms with Gasteiger partial charge in [0.25, 0.3) is 0 Å². The molecule has 6 nitrogen and oxygen atoms in total. The Morgan fingerprint density at radius 3 is 2.33 bits per heavy atom.